The SMILES string of the molecule is CCCn1c(=O)c2cncn2c2nc(OC)ccc21. The van der Waals surface area contributed by atoms with Crippen LogP contribution in [0.2, 0.25) is 0 Å². The molecular weight excluding hydrogens is 244 g/mol. The van der Waals surface area contributed by atoms with Gasteiger partial charge in [0.25, 0.3) is 5.56 Å². The molecule has 98 valence electrons. The molecule has 0 unspecified atom stereocenters. The lowest BCUT2D eigenvalue weighted by atomic mass is 10.3. The Labute approximate surface area is 109 Å². The Bertz CT molecular complexity index is 803. The topological polar surface area (TPSA) is 61.4 Å². The number of hydrogen-bond acceptors (Lipinski definition) is 4. The van der Waals surface area contributed by atoms with Crippen molar-refractivity contribution >= 4 is 16.7 Å². The predicted molar refractivity (Wildman–Crippen MR) is 71.6 cm³/mol. The summed E-state index contributed by atoms with van der Waals surface area (Å²) in [6.07, 6.45) is 4.04. The van der Waals surface area contributed by atoms with Gasteiger partial charge in [0.2, 0.25) is 5.88 Å². The molecule has 6 nitrogen and oxygen atoms in total. The highest BCUT2D eigenvalue weighted by molar-refractivity contribution is 5.75. The van der Waals surface area contributed by atoms with Crippen molar-refractivity contribution < 1.29 is 4.74 Å². The van der Waals surface area contributed by atoms with Crippen LogP contribution in [0.15, 0.2) is 29.5 Å². The summed E-state index contributed by atoms with van der Waals surface area (Å²) in [6, 6.07) is 3.62. The molecule has 19 heavy (non-hydrogen) atoms. The Morgan fingerprint density at radius 3 is 2.89 bits per heavy atom. The van der Waals surface area contributed by atoms with Crippen molar-refractivity contribution in [2.45, 2.75) is 19.9 Å². The second-order valence-electron chi connectivity index (χ2n) is 4.30. The van der Waals surface area contributed by atoms with Crippen LogP contribution in [0, 0.1) is 0 Å². The van der Waals surface area contributed by atoms with Gasteiger partial charge in [0, 0.05) is 12.6 Å². The summed E-state index contributed by atoms with van der Waals surface area (Å²) in [4.78, 5) is 20.8. The highest BCUT2D eigenvalue weighted by atomic mass is 16.5. The average molecular weight is 258 g/mol. The van der Waals surface area contributed by atoms with E-state index in [4.69, 9.17) is 4.74 Å². The van der Waals surface area contributed by atoms with Crippen LogP contribution in [0.3, 0.4) is 0 Å². The van der Waals surface area contributed by atoms with Crippen molar-refractivity contribution in [3.8, 4) is 5.88 Å². The first-order valence-electron chi connectivity index (χ1n) is 6.16. The fraction of sp³-hybridized carbons (Fsp3) is 0.308. The highest BCUT2D eigenvalue weighted by Crippen LogP contribution is 2.16. The third-order valence-electron chi connectivity index (χ3n) is 3.11. The maximum Gasteiger partial charge on any atom is 0.277 e. The zero-order valence-corrected chi connectivity index (χ0v) is 10.8. The van der Waals surface area contributed by atoms with Crippen LogP contribution < -0.4 is 10.3 Å². The van der Waals surface area contributed by atoms with Gasteiger partial charge in [-0.2, -0.15) is 4.98 Å². The van der Waals surface area contributed by atoms with Crippen LogP contribution in [0.25, 0.3) is 16.7 Å². The van der Waals surface area contributed by atoms with Gasteiger partial charge in [0.05, 0.1) is 18.8 Å². The summed E-state index contributed by atoms with van der Waals surface area (Å²) >= 11 is 0. The molecule has 6 heteroatoms. The van der Waals surface area contributed by atoms with Gasteiger partial charge >= 0.3 is 0 Å². The Kier molecular flexibility index (Phi) is 2.70. The average Bonchev–Trinajstić information content (AvgIpc) is 2.92. The number of imidazole rings is 1. The number of methoxy groups -OCH3 is 1. The minimum absolute atomic E-state index is 0.0428. The molecule has 3 aromatic heterocycles. The fourth-order valence-electron chi connectivity index (χ4n) is 2.24. The molecule has 0 bridgehead atoms. The highest BCUT2D eigenvalue weighted by Gasteiger charge is 2.12. The number of aromatic nitrogens is 4. The quantitative estimate of drug-likeness (QED) is 0.713. The van der Waals surface area contributed by atoms with Gasteiger partial charge < -0.3 is 9.30 Å². The van der Waals surface area contributed by atoms with Crippen molar-refractivity contribution in [2.75, 3.05) is 7.11 Å². The van der Waals surface area contributed by atoms with Crippen molar-refractivity contribution in [1.82, 2.24) is 18.9 Å². The van der Waals surface area contributed by atoms with E-state index < -0.39 is 0 Å². The second kappa shape index (κ2) is 4.38. The second-order valence-corrected chi connectivity index (χ2v) is 4.30. The maximum atomic E-state index is 12.4. The Hall–Kier alpha value is -2.37. The van der Waals surface area contributed by atoms with Crippen molar-refractivity contribution in [3.63, 3.8) is 0 Å². The first-order chi connectivity index (χ1) is 9.26. The molecule has 0 radical (unpaired) electrons. The molecule has 3 aromatic rings. The minimum Gasteiger partial charge on any atom is -0.481 e. The molecule has 0 saturated carbocycles. The van der Waals surface area contributed by atoms with Crippen LogP contribution in [-0.2, 0) is 6.54 Å². The molecule has 0 saturated heterocycles. The van der Waals surface area contributed by atoms with Gasteiger partial charge in [-0.3, -0.25) is 9.20 Å². The molecule has 3 heterocycles. The minimum atomic E-state index is -0.0428. The number of ether oxygens (including phenoxy) is 1. The van der Waals surface area contributed by atoms with Crippen LogP contribution in [0.5, 0.6) is 5.88 Å². The van der Waals surface area contributed by atoms with E-state index in [9.17, 15) is 4.79 Å². The van der Waals surface area contributed by atoms with Gasteiger partial charge in [0.1, 0.15) is 11.8 Å². The normalized spacial score (nSPS) is 11.3. The largest absolute Gasteiger partial charge is 0.481 e. The Balaban J connectivity index is 2.50. The molecule has 0 aliphatic rings. The molecule has 0 amide bonds. The lowest BCUT2D eigenvalue weighted by molar-refractivity contribution is 0.399. The van der Waals surface area contributed by atoms with E-state index in [0.29, 0.717) is 23.6 Å². The molecule has 0 fully saturated rings. The van der Waals surface area contributed by atoms with Gasteiger partial charge in [-0.25, -0.2) is 4.98 Å². The van der Waals surface area contributed by atoms with Crippen LogP contribution >= 0.6 is 0 Å². The monoisotopic (exact) mass is 258 g/mol. The molecule has 0 spiro atoms. The summed E-state index contributed by atoms with van der Waals surface area (Å²) in [7, 11) is 1.57. The van der Waals surface area contributed by atoms with Gasteiger partial charge in [-0.1, -0.05) is 6.92 Å². The molecule has 3 rings (SSSR count). The summed E-state index contributed by atoms with van der Waals surface area (Å²) < 4.78 is 8.58. The molecular formula is C13H14N4O2. The van der Waals surface area contributed by atoms with Crippen LogP contribution in [0.4, 0.5) is 0 Å². The zero-order valence-electron chi connectivity index (χ0n) is 10.8. The summed E-state index contributed by atoms with van der Waals surface area (Å²) in [5, 5.41) is 0. The molecule has 0 N–H and O–H groups in total. The van der Waals surface area contributed by atoms with E-state index in [0.717, 1.165) is 11.9 Å². The number of rotatable bonds is 3. The number of aryl methyl sites for hydroxylation is 1. The summed E-state index contributed by atoms with van der Waals surface area (Å²) in [5.41, 5.74) is 1.96. The Morgan fingerprint density at radius 2 is 2.16 bits per heavy atom. The van der Waals surface area contributed by atoms with E-state index >= 15 is 0 Å². The zero-order chi connectivity index (χ0) is 13.4. The lowest BCUT2D eigenvalue weighted by Gasteiger charge is -2.11. The summed E-state index contributed by atoms with van der Waals surface area (Å²) in [6.45, 7) is 2.70. The van der Waals surface area contributed by atoms with Crippen LogP contribution in [0.1, 0.15) is 13.3 Å². The van der Waals surface area contributed by atoms with E-state index in [-0.39, 0.29) is 5.56 Å². The third kappa shape index (κ3) is 1.68. The Morgan fingerprint density at radius 1 is 1.32 bits per heavy atom. The summed E-state index contributed by atoms with van der Waals surface area (Å²) in [5.74, 6) is 0.518. The van der Waals surface area contributed by atoms with E-state index in [1.165, 1.54) is 0 Å². The van der Waals surface area contributed by atoms with Crippen molar-refractivity contribution in [2.24, 2.45) is 0 Å². The van der Waals surface area contributed by atoms with E-state index in [1.54, 1.807) is 34.7 Å². The first-order valence-corrected chi connectivity index (χ1v) is 6.16. The molecule has 0 aliphatic carbocycles. The van der Waals surface area contributed by atoms with Gasteiger partial charge in [0.15, 0.2) is 5.65 Å². The lowest BCUT2D eigenvalue weighted by Crippen LogP contribution is -2.23. The smallest absolute Gasteiger partial charge is 0.277 e. The molecule has 0 atom stereocenters. The van der Waals surface area contributed by atoms with E-state index in [2.05, 4.69) is 9.97 Å². The van der Waals surface area contributed by atoms with Gasteiger partial charge in [-0.15, -0.1) is 0 Å². The van der Waals surface area contributed by atoms with Gasteiger partial charge in [-0.05, 0) is 12.5 Å². The van der Waals surface area contributed by atoms with Crippen molar-refractivity contribution in [3.05, 3.63) is 35.0 Å². The predicted octanol–water partition coefficient (Wildman–Crippen LogP) is 1.46. The standard InChI is InChI=1S/C13H14N4O2/c1-3-6-16-9-4-5-11(19-2)15-12(9)17-8-14-7-10(17)13(16)18/h4-5,7-8H,3,6H2,1-2H3. The number of hydrogen-bond donors (Lipinski definition) is 0. The third-order valence-corrected chi connectivity index (χ3v) is 3.11. The molecule has 0 aromatic carbocycles. The number of pyridine rings is 1. The molecule has 0 aliphatic heterocycles. The number of fused-ring (bicyclic) bond motifs is 3. The number of nitrogens with zero attached hydrogens (tertiary/aromatic N) is 4. The fourth-order valence-corrected chi connectivity index (χ4v) is 2.24. The van der Waals surface area contributed by atoms with Crippen LogP contribution in [-0.4, -0.2) is 26.0 Å². The van der Waals surface area contributed by atoms with Crippen molar-refractivity contribution in [1.29, 1.82) is 0 Å². The van der Waals surface area contributed by atoms with E-state index in [1.807, 2.05) is 13.0 Å². The maximum absolute atomic E-state index is 12.4. The first kappa shape index (κ1) is 11.7.